The van der Waals surface area contributed by atoms with Gasteiger partial charge in [0, 0.05) is 35.8 Å². The van der Waals surface area contributed by atoms with Crippen LogP contribution in [0, 0.1) is 17.7 Å². The van der Waals surface area contributed by atoms with Crippen molar-refractivity contribution in [1.29, 1.82) is 0 Å². The molecular weight excluding hydrogens is 603 g/mol. The highest BCUT2D eigenvalue weighted by atomic mass is 32.2. The first-order chi connectivity index (χ1) is 22.3. The van der Waals surface area contributed by atoms with E-state index in [1.54, 1.807) is 24.3 Å². The minimum atomic E-state index is -3.16. The Morgan fingerprint density at radius 2 is 1.70 bits per heavy atom. The number of carbonyl (C=O) groups is 1. The molecule has 0 spiro atoms. The fourth-order valence-electron chi connectivity index (χ4n) is 9.07. The number of nitrogens with zero attached hydrogens (tertiary/aromatic N) is 2. The Morgan fingerprint density at radius 3 is 2.33 bits per heavy atom. The molecule has 2 aromatic carbocycles. The SMILES string of the molecule is COC(=O)N[C@H]1CCC[C@@H]1C(CN1CCC1)(c1cccc(F)c1)C1CCN(C2CC(Nc3ccc(S(=O)(=O)C4CC4)cc3)C2)CC1. The second-order valence-electron chi connectivity index (χ2n) is 14.5. The monoisotopic (exact) mass is 652 g/mol. The van der Waals surface area contributed by atoms with Crippen LogP contribution in [-0.4, -0.2) is 87.5 Å². The lowest BCUT2D eigenvalue weighted by atomic mass is 9.57. The van der Waals surface area contributed by atoms with E-state index in [-0.39, 0.29) is 34.5 Å². The number of hydrogen-bond acceptors (Lipinski definition) is 7. The molecular formula is C36H49FN4O4S. The molecule has 46 heavy (non-hydrogen) atoms. The van der Waals surface area contributed by atoms with E-state index >= 15 is 0 Å². The molecule has 2 heterocycles. The van der Waals surface area contributed by atoms with Gasteiger partial charge in [0.25, 0.3) is 0 Å². The zero-order valence-electron chi connectivity index (χ0n) is 27.0. The minimum absolute atomic E-state index is 0.0105. The molecule has 10 heteroatoms. The molecule has 2 saturated heterocycles. The van der Waals surface area contributed by atoms with Crippen molar-refractivity contribution in [1.82, 2.24) is 15.1 Å². The van der Waals surface area contributed by atoms with E-state index in [0.717, 1.165) is 102 Å². The number of ether oxygens (including phenoxy) is 1. The average Bonchev–Trinajstić information content (AvgIpc) is 3.79. The highest BCUT2D eigenvalue weighted by molar-refractivity contribution is 7.92. The quantitative estimate of drug-likeness (QED) is 0.327. The van der Waals surface area contributed by atoms with Crippen molar-refractivity contribution in [3.63, 3.8) is 0 Å². The molecule has 2 aromatic rings. The number of nitrogens with one attached hydrogen (secondary N) is 2. The maximum atomic E-state index is 14.9. The van der Waals surface area contributed by atoms with E-state index in [9.17, 15) is 17.6 Å². The zero-order chi connectivity index (χ0) is 31.9. The standard InChI is InChI=1S/C36H49FN4O4S/c1-45-35(42)39-34-8-3-7-33(34)36(24-40-17-4-18-40,26-5-2-6-27(37)21-26)25-15-19-41(20-16-25)30-22-29(23-30)38-28-9-11-31(12-10-28)46(43,44)32-13-14-32/h2,5-6,9-12,21,25,29-30,32-34,38H,3-4,7-8,13-20,22-24H2,1H3,(H,39,42)/t29?,30?,33-,34-,36?/m0/s1. The van der Waals surface area contributed by atoms with Crippen molar-refractivity contribution in [2.75, 3.05) is 45.2 Å². The van der Waals surface area contributed by atoms with Crippen molar-refractivity contribution >= 4 is 21.6 Å². The maximum Gasteiger partial charge on any atom is 0.407 e. The van der Waals surface area contributed by atoms with E-state index in [0.29, 0.717) is 22.9 Å². The molecule has 0 aromatic heterocycles. The topological polar surface area (TPSA) is 91.0 Å². The van der Waals surface area contributed by atoms with Crippen LogP contribution in [0.5, 0.6) is 0 Å². The molecule has 0 bridgehead atoms. The highest BCUT2D eigenvalue weighted by Gasteiger charge is 2.53. The first-order valence-electron chi connectivity index (χ1n) is 17.4. The van der Waals surface area contributed by atoms with Crippen LogP contribution in [0.3, 0.4) is 0 Å². The van der Waals surface area contributed by atoms with Gasteiger partial charge in [-0.1, -0.05) is 18.6 Å². The average molecular weight is 653 g/mol. The lowest BCUT2D eigenvalue weighted by molar-refractivity contribution is 0.00658. The van der Waals surface area contributed by atoms with Gasteiger partial charge in [0.2, 0.25) is 0 Å². The number of halogens is 1. The van der Waals surface area contributed by atoms with Gasteiger partial charge in [0.1, 0.15) is 5.82 Å². The van der Waals surface area contributed by atoms with E-state index in [1.807, 2.05) is 18.2 Å². The summed E-state index contributed by atoms with van der Waals surface area (Å²) in [5, 5.41) is 6.62. The van der Waals surface area contributed by atoms with E-state index in [2.05, 4.69) is 26.5 Å². The molecule has 2 N–H and O–H groups in total. The maximum absolute atomic E-state index is 14.9. The Balaban J connectivity index is 1.03. The summed E-state index contributed by atoms with van der Waals surface area (Å²) in [7, 11) is -1.74. The fourth-order valence-corrected chi connectivity index (χ4v) is 10.7. The summed E-state index contributed by atoms with van der Waals surface area (Å²) < 4.78 is 45.0. The molecule has 7 rings (SSSR count). The fraction of sp³-hybridized carbons (Fsp3) is 0.639. The van der Waals surface area contributed by atoms with Gasteiger partial charge in [0.05, 0.1) is 17.3 Å². The van der Waals surface area contributed by atoms with Gasteiger partial charge in [-0.05, 0) is 138 Å². The van der Waals surface area contributed by atoms with Crippen molar-refractivity contribution < 1.29 is 22.3 Å². The Morgan fingerprint density at radius 1 is 0.957 bits per heavy atom. The van der Waals surface area contributed by atoms with Gasteiger partial charge in [-0.15, -0.1) is 0 Å². The summed E-state index contributed by atoms with van der Waals surface area (Å²) in [6, 6.07) is 15.6. The normalized spacial score (nSPS) is 28.9. The van der Waals surface area contributed by atoms with Gasteiger partial charge in [-0.3, -0.25) is 0 Å². The molecule has 1 unspecified atom stereocenters. The molecule has 0 radical (unpaired) electrons. The number of hydrogen-bond donors (Lipinski definition) is 2. The number of piperidine rings is 1. The second-order valence-corrected chi connectivity index (χ2v) is 16.7. The van der Waals surface area contributed by atoms with Crippen molar-refractivity contribution in [2.24, 2.45) is 11.8 Å². The lowest BCUT2D eigenvalue weighted by Gasteiger charge is -2.55. The van der Waals surface area contributed by atoms with Crippen LogP contribution >= 0.6 is 0 Å². The summed E-state index contributed by atoms with van der Waals surface area (Å²) in [6.45, 7) is 5.10. The summed E-state index contributed by atoms with van der Waals surface area (Å²) in [6.07, 6.45) is 9.62. The number of rotatable bonds is 11. The predicted octanol–water partition coefficient (Wildman–Crippen LogP) is 5.59. The Labute approximate surface area is 273 Å². The van der Waals surface area contributed by atoms with Crippen molar-refractivity contribution in [3.8, 4) is 0 Å². The molecule has 1 amide bonds. The summed E-state index contributed by atoms with van der Waals surface area (Å²) in [5.41, 5.74) is 1.82. The molecule has 5 fully saturated rings. The van der Waals surface area contributed by atoms with E-state index in [4.69, 9.17) is 4.74 Å². The smallest absolute Gasteiger partial charge is 0.407 e. The third kappa shape index (κ3) is 6.29. The molecule has 8 nitrogen and oxygen atoms in total. The lowest BCUT2D eigenvalue weighted by Crippen LogP contribution is -2.60. The Hall–Kier alpha value is -2.69. The van der Waals surface area contributed by atoms with E-state index in [1.165, 1.54) is 13.5 Å². The molecule has 3 atom stereocenters. The van der Waals surface area contributed by atoms with Crippen molar-refractivity contribution in [2.45, 2.75) is 97.9 Å². The van der Waals surface area contributed by atoms with Gasteiger partial charge in [0.15, 0.2) is 9.84 Å². The second kappa shape index (κ2) is 13.1. The number of amides is 1. The number of methoxy groups -OCH3 is 1. The molecule has 250 valence electrons. The number of sulfone groups is 1. The Bertz CT molecular complexity index is 1480. The van der Waals surface area contributed by atoms with Crippen LogP contribution in [0.4, 0.5) is 14.9 Å². The van der Waals surface area contributed by atoms with Crippen LogP contribution in [0.2, 0.25) is 0 Å². The van der Waals surface area contributed by atoms with Crippen molar-refractivity contribution in [3.05, 3.63) is 59.9 Å². The zero-order valence-corrected chi connectivity index (χ0v) is 27.8. The highest BCUT2D eigenvalue weighted by Crippen LogP contribution is 2.52. The number of carbonyl (C=O) groups excluding carboxylic acids is 1. The number of benzene rings is 2. The molecule has 3 aliphatic carbocycles. The minimum Gasteiger partial charge on any atom is -0.453 e. The van der Waals surface area contributed by atoms with Gasteiger partial charge in [-0.25, -0.2) is 17.6 Å². The third-order valence-electron chi connectivity index (χ3n) is 11.9. The molecule has 5 aliphatic rings. The van der Waals surface area contributed by atoms with Crippen LogP contribution in [0.25, 0.3) is 0 Å². The summed E-state index contributed by atoms with van der Waals surface area (Å²) in [4.78, 5) is 18.1. The van der Waals surface area contributed by atoms with Crippen LogP contribution in [0.15, 0.2) is 53.4 Å². The van der Waals surface area contributed by atoms with Crippen LogP contribution in [-0.2, 0) is 20.0 Å². The largest absolute Gasteiger partial charge is 0.453 e. The number of likely N-dealkylation sites (tertiary alicyclic amines) is 2. The predicted molar refractivity (Wildman–Crippen MR) is 177 cm³/mol. The number of anilines is 1. The van der Waals surface area contributed by atoms with Gasteiger partial charge < -0.3 is 25.2 Å². The first-order valence-corrected chi connectivity index (χ1v) is 19.0. The summed E-state index contributed by atoms with van der Waals surface area (Å²) in [5.74, 6) is 0.412. The number of alkyl carbamates (subject to hydrolysis) is 1. The molecule has 2 aliphatic heterocycles. The van der Waals surface area contributed by atoms with Gasteiger partial charge >= 0.3 is 6.09 Å². The summed E-state index contributed by atoms with van der Waals surface area (Å²) >= 11 is 0. The van der Waals surface area contributed by atoms with E-state index < -0.39 is 9.84 Å². The van der Waals surface area contributed by atoms with Crippen LogP contribution < -0.4 is 10.6 Å². The van der Waals surface area contributed by atoms with Gasteiger partial charge in [-0.2, -0.15) is 0 Å². The molecule has 3 saturated carbocycles. The first kappa shape index (κ1) is 31.9. The van der Waals surface area contributed by atoms with Crippen LogP contribution in [0.1, 0.15) is 69.8 Å². The Kier molecular flexibility index (Phi) is 9.06. The third-order valence-corrected chi connectivity index (χ3v) is 14.1.